The van der Waals surface area contributed by atoms with Crippen molar-refractivity contribution in [1.82, 2.24) is 5.32 Å². The SMILES string of the molecule is COc1ccc2c(c1)OC1(CCNC1)C2O. The van der Waals surface area contributed by atoms with Crippen molar-refractivity contribution in [2.45, 2.75) is 18.1 Å². The van der Waals surface area contributed by atoms with Gasteiger partial charge in [-0.25, -0.2) is 0 Å². The molecule has 86 valence electrons. The lowest BCUT2D eigenvalue weighted by Gasteiger charge is -2.25. The van der Waals surface area contributed by atoms with Crippen LogP contribution in [-0.2, 0) is 0 Å². The largest absolute Gasteiger partial charge is 0.497 e. The van der Waals surface area contributed by atoms with Crippen LogP contribution in [-0.4, -0.2) is 30.9 Å². The van der Waals surface area contributed by atoms with Gasteiger partial charge in [0.2, 0.25) is 0 Å². The predicted molar refractivity (Wildman–Crippen MR) is 58.8 cm³/mol. The number of nitrogens with one attached hydrogen (secondary N) is 1. The molecule has 1 fully saturated rings. The maximum atomic E-state index is 10.3. The Bertz CT molecular complexity index is 413. The Morgan fingerprint density at radius 2 is 2.44 bits per heavy atom. The van der Waals surface area contributed by atoms with Gasteiger partial charge in [0, 0.05) is 24.6 Å². The van der Waals surface area contributed by atoms with Crippen LogP contribution < -0.4 is 14.8 Å². The quantitative estimate of drug-likeness (QED) is 0.738. The standard InChI is InChI=1S/C12H15NO3/c1-15-8-2-3-9-10(6-8)16-12(11(9)14)4-5-13-7-12/h2-3,6,11,13-14H,4-5,7H2,1H3. The lowest BCUT2D eigenvalue weighted by molar-refractivity contribution is -0.0126. The minimum atomic E-state index is -0.539. The molecule has 1 saturated heterocycles. The molecule has 3 rings (SSSR count). The molecular weight excluding hydrogens is 206 g/mol. The second-order valence-electron chi connectivity index (χ2n) is 4.40. The maximum absolute atomic E-state index is 10.3. The van der Waals surface area contributed by atoms with E-state index in [4.69, 9.17) is 9.47 Å². The summed E-state index contributed by atoms with van der Waals surface area (Å²) in [5.41, 5.74) is 0.402. The minimum absolute atomic E-state index is 0.464. The van der Waals surface area contributed by atoms with Gasteiger partial charge in [0.25, 0.3) is 0 Å². The van der Waals surface area contributed by atoms with Gasteiger partial charge in [0.05, 0.1) is 7.11 Å². The van der Waals surface area contributed by atoms with Crippen LogP contribution in [0.5, 0.6) is 11.5 Å². The molecule has 2 aliphatic heterocycles. The monoisotopic (exact) mass is 221 g/mol. The van der Waals surface area contributed by atoms with Gasteiger partial charge < -0.3 is 19.9 Å². The molecule has 2 atom stereocenters. The number of methoxy groups -OCH3 is 1. The third-order valence-corrected chi connectivity index (χ3v) is 3.48. The molecule has 4 nitrogen and oxygen atoms in total. The van der Waals surface area contributed by atoms with Crippen LogP contribution in [0.2, 0.25) is 0 Å². The van der Waals surface area contributed by atoms with Crippen LogP contribution in [0.3, 0.4) is 0 Å². The van der Waals surface area contributed by atoms with Crippen molar-refractivity contribution in [2.24, 2.45) is 0 Å². The van der Waals surface area contributed by atoms with Gasteiger partial charge in [-0.2, -0.15) is 0 Å². The molecule has 2 unspecified atom stereocenters. The van der Waals surface area contributed by atoms with Crippen molar-refractivity contribution in [3.05, 3.63) is 23.8 Å². The molecule has 0 amide bonds. The molecule has 0 aromatic heterocycles. The summed E-state index contributed by atoms with van der Waals surface area (Å²) in [4.78, 5) is 0. The highest BCUT2D eigenvalue weighted by molar-refractivity contribution is 5.47. The fraction of sp³-hybridized carbons (Fsp3) is 0.500. The van der Waals surface area contributed by atoms with Crippen molar-refractivity contribution < 1.29 is 14.6 Å². The summed E-state index contributed by atoms with van der Waals surface area (Å²) >= 11 is 0. The number of hydrogen-bond donors (Lipinski definition) is 2. The minimum Gasteiger partial charge on any atom is -0.497 e. The molecule has 16 heavy (non-hydrogen) atoms. The third-order valence-electron chi connectivity index (χ3n) is 3.48. The van der Waals surface area contributed by atoms with E-state index in [2.05, 4.69) is 5.32 Å². The number of benzene rings is 1. The van der Waals surface area contributed by atoms with Gasteiger partial charge in [0.1, 0.15) is 17.6 Å². The molecule has 4 heteroatoms. The average molecular weight is 221 g/mol. The van der Waals surface area contributed by atoms with E-state index in [1.165, 1.54) is 0 Å². The van der Waals surface area contributed by atoms with E-state index in [0.29, 0.717) is 6.54 Å². The lowest BCUT2D eigenvalue weighted by Crippen LogP contribution is -2.40. The Labute approximate surface area is 94.2 Å². The fourth-order valence-corrected chi connectivity index (χ4v) is 2.52. The van der Waals surface area contributed by atoms with Crippen LogP contribution in [0, 0.1) is 0 Å². The highest BCUT2D eigenvalue weighted by Gasteiger charge is 2.49. The summed E-state index contributed by atoms with van der Waals surface area (Å²) in [6.07, 6.45) is 0.300. The number of fused-ring (bicyclic) bond motifs is 1. The highest BCUT2D eigenvalue weighted by Crippen LogP contribution is 2.47. The first-order chi connectivity index (χ1) is 7.75. The fourth-order valence-electron chi connectivity index (χ4n) is 2.52. The number of hydrogen-bond acceptors (Lipinski definition) is 4. The Balaban J connectivity index is 2.00. The molecule has 2 N–H and O–H groups in total. The zero-order valence-electron chi connectivity index (χ0n) is 9.19. The smallest absolute Gasteiger partial charge is 0.152 e. The summed E-state index contributed by atoms with van der Waals surface area (Å²) in [7, 11) is 1.62. The normalized spacial score (nSPS) is 31.5. The molecule has 2 heterocycles. The highest BCUT2D eigenvalue weighted by atomic mass is 16.5. The van der Waals surface area contributed by atoms with Crippen molar-refractivity contribution in [3.63, 3.8) is 0 Å². The van der Waals surface area contributed by atoms with Crippen LogP contribution in [0.1, 0.15) is 18.1 Å². The Kier molecular flexibility index (Phi) is 2.09. The van der Waals surface area contributed by atoms with Crippen molar-refractivity contribution in [3.8, 4) is 11.5 Å². The van der Waals surface area contributed by atoms with Crippen LogP contribution >= 0.6 is 0 Å². The molecule has 0 saturated carbocycles. The Hall–Kier alpha value is -1.26. The third kappa shape index (κ3) is 1.23. The van der Waals surface area contributed by atoms with E-state index >= 15 is 0 Å². The van der Waals surface area contributed by atoms with E-state index in [9.17, 15) is 5.11 Å². The molecular formula is C12H15NO3. The number of aliphatic hydroxyl groups is 1. The van der Waals surface area contributed by atoms with Gasteiger partial charge in [0.15, 0.2) is 5.60 Å². The number of rotatable bonds is 1. The number of ether oxygens (including phenoxy) is 2. The molecule has 0 aliphatic carbocycles. The Morgan fingerprint density at radius 1 is 1.56 bits per heavy atom. The predicted octanol–water partition coefficient (Wildman–Crippen LogP) is 0.853. The van der Waals surface area contributed by atoms with Gasteiger partial charge in [-0.3, -0.25) is 0 Å². The van der Waals surface area contributed by atoms with E-state index < -0.39 is 11.7 Å². The first kappa shape index (κ1) is 9.93. The van der Waals surface area contributed by atoms with Crippen LogP contribution in [0.25, 0.3) is 0 Å². The van der Waals surface area contributed by atoms with Gasteiger partial charge in [-0.15, -0.1) is 0 Å². The average Bonchev–Trinajstić information content (AvgIpc) is 2.87. The number of aliphatic hydroxyl groups excluding tert-OH is 1. The summed E-state index contributed by atoms with van der Waals surface area (Å²) in [5, 5.41) is 13.5. The summed E-state index contributed by atoms with van der Waals surface area (Å²) in [6.45, 7) is 1.59. The van der Waals surface area contributed by atoms with E-state index in [1.807, 2.05) is 18.2 Å². The molecule has 1 aromatic rings. The van der Waals surface area contributed by atoms with E-state index in [-0.39, 0.29) is 0 Å². The maximum Gasteiger partial charge on any atom is 0.152 e. The topological polar surface area (TPSA) is 50.7 Å². The molecule has 0 bridgehead atoms. The van der Waals surface area contributed by atoms with Crippen LogP contribution in [0.15, 0.2) is 18.2 Å². The second-order valence-corrected chi connectivity index (χ2v) is 4.40. The van der Waals surface area contributed by atoms with Crippen molar-refractivity contribution in [2.75, 3.05) is 20.2 Å². The van der Waals surface area contributed by atoms with E-state index in [0.717, 1.165) is 30.0 Å². The van der Waals surface area contributed by atoms with Crippen molar-refractivity contribution >= 4 is 0 Å². The van der Waals surface area contributed by atoms with Gasteiger partial charge >= 0.3 is 0 Å². The van der Waals surface area contributed by atoms with Crippen molar-refractivity contribution in [1.29, 1.82) is 0 Å². The van der Waals surface area contributed by atoms with Gasteiger partial charge in [-0.1, -0.05) is 0 Å². The second kappa shape index (κ2) is 3.37. The van der Waals surface area contributed by atoms with Gasteiger partial charge in [-0.05, 0) is 18.7 Å². The summed E-state index contributed by atoms with van der Waals surface area (Å²) in [5.74, 6) is 1.50. The molecule has 2 aliphatic rings. The lowest BCUT2D eigenvalue weighted by atomic mass is 9.93. The zero-order valence-corrected chi connectivity index (χ0v) is 9.19. The first-order valence-corrected chi connectivity index (χ1v) is 5.51. The summed E-state index contributed by atoms with van der Waals surface area (Å²) in [6, 6.07) is 5.57. The molecule has 0 radical (unpaired) electrons. The van der Waals surface area contributed by atoms with Crippen LogP contribution in [0.4, 0.5) is 0 Å². The van der Waals surface area contributed by atoms with E-state index in [1.54, 1.807) is 7.11 Å². The molecule has 1 spiro atoms. The Morgan fingerprint density at radius 3 is 3.12 bits per heavy atom. The zero-order chi connectivity index (χ0) is 11.2. The molecule has 1 aromatic carbocycles. The summed E-state index contributed by atoms with van der Waals surface area (Å²) < 4.78 is 11.1. The first-order valence-electron chi connectivity index (χ1n) is 5.51.